The van der Waals surface area contributed by atoms with Crippen molar-refractivity contribution in [2.75, 3.05) is 5.32 Å². The minimum absolute atomic E-state index is 0.210. The van der Waals surface area contributed by atoms with Gasteiger partial charge in [0.25, 0.3) is 11.8 Å². The highest BCUT2D eigenvalue weighted by Crippen LogP contribution is 2.17. The number of anilines is 1. The summed E-state index contributed by atoms with van der Waals surface area (Å²) in [6.07, 6.45) is 3.13. The number of amides is 2. The lowest BCUT2D eigenvalue weighted by molar-refractivity contribution is 0.0934. The first-order valence-electron chi connectivity index (χ1n) is 8.27. The first kappa shape index (κ1) is 18.5. The van der Waals surface area contributed by atoms with E-state index in [9.17, 15) is 9.59 Å². The van der Waals surface area contributed by atoms with E-state index in [-0.39, 0.29) is 28.7 Å². The summed E-state index contributed by atoms with van der Waals surface area (Å²) in [6.45, 7) is 1.87. The molecule has 0 aliphatic carbocycles. The number of nitrogens with zero attached hydrogens (tertiary/aromatic N) is 2. The van der Waals surface area contributed by atoms with Crippen LogP contribution in [-0.2, 0) is 0 Å². The standard InChI is InChI=1S/C20H17ClN4O2/c1-13(23-20(27)17-3-2-4-18(21)25-17)14-5-7-16(8-6-14)24-19(26)15-9-11-22-12-10-15/h2-13H,1H3,(H,23,27)(H,24,26). The highest BCUT2D eigenvalue weighted by Gasteiger charge is 2.13. The topological polar surface area (TPSA) is 84.0 Å². The maximum Gasteiger partial charge on any atom is 0.270 e. The summed E-state index contributed by atoms with van der Waals surface area (Å²) < 4.78 is 0. The third-order valence-corrected chi connectivity index (χ3v) is 4.12. The second kappa shape index (κ2) is 8.42. The first-order valence-corrected chi connectivity index (χ1v) is 8.65. The van der Waals surface area contributed by atoms with E-state index in [1.165, 1.54) is 0 Å². The van der Waals surface area contributed by atoms with Crippen LogP contribution in [-0.4, -0.2) is 21.8 Å². The molecule has 0 saturated carbocycles. The number of rotatable bonds is 5. The van der Waals surface area contributed by atoms with Crippen molar-refractivity contribution in [2.45, 2.75) is 13.0 Å². The van der Waals surface area contributed by atoms with Gasteiger partial charge in [0.2, 0.25) is 0 Å². The Morgan fingerprint density at radius 3 is 2.33 bits per heavy atom. The van der Waals surface area contributed by atoms with E-state index in [1.54, 1.807) is 54.9 Å². The predicted molar refractivity (Wildman–Crippen MR) is 104 cm³/mol. The fraction of sp³-hybridized carbons (Fsp3) is 0.100. The molecule has 3 aromatic rings. The predicted octanol–water partition coefficient (Wildman–Crippen LogP) is 3.87. The Labute approximate surface area is 161 Å². The van der Waals surface area contributed by atoms with E-state index in [4.69, 9.17) is 11.6 Å². The molecule has 0 spiro atoms. The number of hydrogen-bond acceptors (Lipinski definition) is 4. The highest BCUT2D eigenvalue weighted by atomic mass is 35.5. The normalized spacial score (nSPS) is 11.5. The van der Waals surface area contributed by atoms with E-state index in [0.29, 0.717) is 11.3 Å². The molecule has 2 amide bonds. The number of carbonyl (C=O) groups excluding carboxylic acids is 2. The minimum Gasteiger partial charge on any atom is -0.344 e. The minimum atomic E-state index is -0.305. The molecule has 27 heavy (non-hydrogen) atoms. The van der Waals surface area contributed by atoms with E-state index in [0.717, 1.165) is 5.56 Å². The van der Waals surface area contributed by atoms with Crippen molar-refractivity contribution in [3.8, 4) is 0 Å². The number of halogens is 1. The van der Waals surface area contributed by atoms with Gasteiger partial charge in [-0.2, -0.15) is 0 Å². The van der Waals surface area contributed by atoms with Gasteiger partial charge in [-0.1, -0.05) is 29.8 Å². The van der Waals surface area contributed by atoms with Gasteiger partial charge in [0.05, 0.1) is 6.04 Å². The molecular weight excluding hydrogens is 364 g/mol. The lowest BCUT2D eigenvalue weighted by Gasteiger charge is -2.15. The molecule has 2 aromatic heterocycles. The molecule has 0 fully saturated rings. The van der Waals surface area contributed by atoms with E-state index < -0.39 is 0 Å². The smallest absolute Gasteiger partial charge is 0.270 e. The van der Waals surface area contributed by atoms with Crippen molar-refractivity contribution in [3.05, 3.63) is 89.0 Å². The van der Waals surface area contributed by atoms with Crippen LogP contribution in [0.25, 0.3) is 0 Å². The Kier molecular flexibility index (Phi) is 5.78. The van der Waals surface area contributed by atoms with E-state index >= 15 is 0 Å². The zero-order valence-electron chi connectivity index (χ0n) is 14.5. The second-order valence-corrected chi connectivity index (χ2v) is 6.24. The number of hydrogen-bond donors (Lipinski definition) is 2. The van der Waals surface area contributed by atoms with Crippen molar-refractivity contribution in [1.29, 1.82) is 0 Å². The molecule has 136 valence electrons. The molecule has 6 nitrogen and oxygen atoms in total. The molecule has 2 N–H and O–H groups in total. The number of carbonyl (C=O) groups is 2. The van der Waals surface area contributed by atoms with Gasteiger partial charge in [-0.05, 0) is 48.9 Å². The maximum atomic E-state index is 12.3. The van der Waals surface area contributed by atoms with Crippen molar-refractivity contribution in [2.24, 2.45) is 0 Å². The number of benzene rings is 1. The van der Waals surface area contributed by atoms with Crippen LogP contribution in [0.1, 0.15) is 39.4 Å². The van der Waals surface area contributed by atoms with Crippen LogP contribution in [0.4, 0.5) is 5.69 Å². The van der Waals surface area contributed by atoms with Gasteiger partial charge in [-0.15, -0.1) is 0 Å². The van der Waals surface area contributed by atoms with Crippen molar-refractivity contribution in [3.63, 3.8) is 0 Å². The molecule has 0 aliphatic rings. The van der Waals surface area contributed by atoms with Crippen molar-refractivity contribution in [1.82, 2.24) is 15.3 Å². The van der Waals surface area contributed by atoms with Crippen LogP contribution in [0.2, 0.25) is 5.15 Å². The fourth-order valence-corrected chi connectivity index (χ4v) is 2.61. The van der Waals surface area contributed by atoms with Crippen LogP contribution in [0.3, 0.4) is 0 Å². The van der Waals surface area contributed by atoms with Gasteiger partial charge in [0, 0.05) is 23.6 Å². The summed E-state index contributed by atoms with van der Waals surface area (Å²) >= 11 is 5.82. The summed E-state index contributed by atoms with van der Waals surface area (Å²) in [4.78, 5) is 32.3. The molecule has 0 saturated heterocycles. The van der Waals surface area contributed by atoms with Crippen LogP contribution in [0, 0.1) is 0 Å². The summed E-state index contributed by atoms with van der Waals surface area (Å²) in [6, 6.07) is 15.2. The summed E-state index contributed by atoms with van der Waals surface area (Å²) in [7, 11) is 0. The molecule has 2 heterocycles. The molecule has 1 atom stereocenters. The lowest BCUT2D eigenvalue weighted by Crippen LogP contribution is -2.27. The van der Waals surface area contributed by atoms with Crippen LogP contribution < -0.4 is 10.6 Å². The highest BCUT2D eigenvalue weighted by molar-refractivity contribution is 6.29. The van der Waals surface area contributed by atoms with Gasteiger partial charge >= 0.3 is 0 Å². The first-order chi connectivity index (χ1) is 13.0. The van der Waals surface area contributed by atoms with Gasteiger partial charge in [0.15, 0.2) is 0 Å². The van der Waals surface area contributed by atoms with Gasteiger partial charge < -0.3 is 10.6 Å². The largest absolute Gasteiger partial charge is 0.344 e. The Balaban J connectivity index is 1.62. The molecule has 0 bridgehead atoms. The Morgan fingerprint density at radius 2 is 1.67 bits per heavy atom. The SMILES string of the molecule is CC(NC(=O)c1cccc(Cl)n1)c1ccc(NC(=O)c2ccncc2)cc1. The Morgan fingerprint density at radius 1 is 0.963 bits per heavy atom. The number of pyridine rings is 2. The summed E-state index contributed by atoms with van der Waals surface area (Å²) in [5.74, 6) is -0.515. The molecule has 1 aromatic carbocycles. The second-order valence-electron chi connectivity index (χ2n) is 5.85. The molecular formula is C20H17ClN4O2. The molecule has 0 aliphatic heterocycles. The zero-order chi connectivity index (χ0) is 19.2. The lowest BCUT2D eigenvalue weighted by atomic mass is 10.1. The van der Waals surface area contributed by atoms with E-state index in [1.807, 2.05) is 19.1 Å². The zero-order valence-corrected chi connectivity index (χ0v) is 15.3. The molecule has 1 unspecified atom stereocenters. The maximum absolute atomic E-state index is 12.3. The molecule has 7 heteroatoms. The van der Waals surface area contributed by atoms with E-state index in [2.05, 4.69) is 20.6 Å². The number of aromatic nitrogens is 2. The summed E-state index contributed by atoms with van der Waals surface area (Å²) in [5.41, 5.74) is 2.35. The summed E-state index contributed by atoms with van der Waals surface area (Å²) in [5, 5.41) is 5.96. The fourth-order valence-electron chi connectivity index (χ4n) is 2.45. The van der Waals surface area contributed by atoms with Crippen LogP contribution in [0.15, 0.2) is 67.0 Å². The van der Waals surface area contributed by atoms with Gasteiger partial charge in [-0.25, -0.2) is 4.98 Å². The third kappa shape index (κ3) is 4.89. The van der Waals surface area contributed by atoms with Crippen LogP contribution in [0.5, 0.6) is 0 Å². The Hall–Kier alpha value is -3.25. The molecule has 0 radical (unpaired) electrons. The molecule has 3 rings (SSSR count). The van der Waals surface area contributed by atoms with Crippen LogP contribution >= 0.6 is 11.6 Å². The average molecular weight is 381 g/mol. The third-order valence-electron chi connectivity index (χ3n) is 3.91. The average Bonchev–Trinajstić information content (AvgIpc) is 2.69. The Bertz CT molecular complexity index is 946. The van der Waals surface area contributed by atoms with Gasteiger partial charge in [0.1, 0.15) is 10.8 Å². The quantitative estimate of drug-likeness (QED) is 0.658. The monoisotopic (exact) mass is 380 g/mol. The van der Waals surface area contributed by atoms with Crippen molar-refractivity contribution < 1.29 is 9.59 Å². The number of nitrogens with one attached hydrogen (secondary N) is 2. The van der Waals surface area contributed by atoms with Gasteiger partial charge in [-0.3, -0.25) is 14.6 Å². The van der Waals surface area contributed by atoms with Crippen molar-refractivity contribution >= 4 is 29.1 Å².